The predicted molar refractivity (Wildman–Crippen MR) is 102 cm³/mol. The number of aromatic hydroxyl groups is 1. The number of H-pyrrole nitrogens is 1. The molecule has 2 amide bonds. The Morgan fingerprint density at radius 2 is 1.78 bits per heavy atom. The van der Waals surface area contributed by atoms with Crippen LogP contribution in [0.2, 0.25) is 0 Å². The van der Waals surface area contributed by atoms with Crippen molar-refractivity contribution in [3.63, 3.8) is 0 Å². The molecule has 3 aromatic rings. The van der Waals surface area contributed by atoms with Crippen LogP contribution in [0.5, 0.6) is 5.75 Å². The van der Waals surface area contributed by atoms with Gasteiger partial charge >= 0.3 is 0 Å². The number of fused-ring (bicyclic) bond motifs is 1. The fraction of sp³-hybridized carbons (Fsp3) is 0.238. The van der Waals surface area contributed by atoms with Gasteiger partial charge in [0.05, 0.1) is 0 Å². The van der Waals surface area contributed by atoms with Gasteiger partial charge in [-0.1, -0.05) is 30.3 Å². The van der Waals surface area contributed by atoms with Gasteiger partial charge in [0, 0.05) is 37.0 Å². The van der Waals surface area contributed by atoms with E-state index in [1.54, 1.807) is 31.3 Å². The van der Waals surface area contributed by atoms with E-state index in [0.29, 0.717) is 12.8 Å². The average molecular weight is 363 g/mol. The summed E-state index contributed by atoms with van der Waals surface area (Å²) in [6, 6.07) is 13.5. The predicted octanol–water partition coefficient (Wildman–Crippen LogP) is 1.98. The molecule has 1 aliphatic rings. The highest BCUT2D eigenvalue weighted by Gasteiger charge is 2.38. The number of piperazine rings is 1. The molecule has 1 saturated heterocycles. The number of phenols is 1. The fourth-order valence-corrected chi connectivity index (χ4v) is 3.65. The first-order valence-corrected chi connectivity index (χ1v) is 8.93. The summed E-state index contributed by atoms with van der Waals surface area (Å²) in [4.78, 5) is 30.2. The Morgan fingerprint density at radius 3 is 2.56 bits per heavy atom. The Hall–Kier alpha value is -3.28. The van der Waals surface area contributed by atoms with Crippen LogP contribution in [0.25, 0.3) is 10.9 Å². The van der Waals surface area contributed by atoms with E-state index < -0.39 is 12.1 Å². The SMILES string of the molecule is CN1C(=O)[C@H](Cc2c[nH]c3ccccc23)NC(=O)[C@@H]1Cc1ccc(O)cc1. The second-order valence-corrected chi connectivity index (χ2v) is 6.96. The molecular weight excluding hydrogens is 342 g/mol. The molecular formula is C21H21N3O3. The van der Waals surface area contributed by atoms with Crippen molar-refractivity contribution in [2.45, 2.75) is 24.9 Å². The normalized spacial score (nSPS) is 20.1. The minimum absolute atomic E-state index is 0.0938. The number of carbonyl (C=O) groups is 2. The molecule has 1 fully saturated rings. The van der Waals surface area contributed by atoms with E-state index in [0.717, 1.165) is 22.0 Å². The third-order valence-electron chi connectivity index (χ3n) is 5.20. The highest BCUT2D eigenvalue weighted by Crippen LogP contribution is 2.22. The number of para-hydroxylation sites is 1. The van der Waals surface area contributed by atoms with Crippen molar-refractivity contribution in [1.82, 2.24) is 15.2 Å². The molecule has 2 heterocycles. The van der Waals surface area contributed by atoms with Crippen LogP contribution in [0, 0.1) is 0 Å². The number of amides is 2. The number of hydrogen-bond acceptors (Lipinski definition) is 3. The zero-order valence-electron chi connectivity index (χ0n) is 15.0. The summed E-state index contributed by atoms with van der Waals surface area (Å²) in [6.07, 6.45) is 2.76. The van der Waals surface area contributed by atoms with Gasteiger partial charge in [0.2, 0.25) is 11.8 Å². The number of rotatable bonds is 4. The van der Waals surface area contributed by atoms with E-state index in [-0.39, 0.29) is 17.6 Å². The second-order valence-electron chi connectivity index (χ2n) is 6.96. The average Bonchev–Trinajstić information content (AvgIpc) is 3.08. The topological polar surface area (TPSA) is 85.4 Å². The molecule has 1 aromatic heterocycles. The third-order valence-corrected chi connectivity index (χ3v) is 5.20. The molecule has 3 N–H and O–H groups in total. The number of likely N-dealkylation sites (N-methyl/N-ethyl adjacent to an activating group) is 1. The van der Waals surface area contributed by atoms with Crippen molar-refractivity contribution < 1.29 is 14.7 Å². The summed E-state index contributed by atoms with van der Waals surface area (Å²) in [5, 5.41) is 13.3. The van der Waals surface area contributed by atoms with E-state index in [9.17, 15) is 14.7 Å². The van der Waals surface area contributed by atoms with E-state index in [2.05, 4.69) is 10.3 Å². The van der Waals surface area contributed by atoms with Gasteiger partial charge in [-0.3, -0.25) is 9.59 Å². The number of aromatic nitrogens is 1. The van der Waals surface area contributed by atoms with Crippen LogP contribution in [-0.2, 0) is 22.4 Å². The number of benzene rings is 2. The van der Waals surface area contributed by atoms with Crippen molar-refractivity contribution in [3.05, 3.63) is 65.9 Å². The van der Waals surface area contributed by atoms with Gasteiger partial charge in [-0.05, 0) is 29.3 Å². The molecule has 2 aromatic carbocycles. The highest BCUT2D eigenvalue weighted by molar-refractivity contribution is 5.97. The van der Waals surface area contributed by atoms with Crippen LogP contribution >= 0.6 is 0 Å². The minimum Gasteiger partial charge on any atom is -0.508 e. The molecule has 2 atom stereocenters. The van der Waals surface area contributed by atoms with Crippen LogP contribution in [0.3, 0.4) is 0 Å². The number of hydrogen-bond donors (Lipinski definition) is 3. The molecule has 0 unspecified atom stereocenters. The Bertz CT molecular complexity index is 993. The van der Waals surface area contributed by atoms with Gasteiger partial charge < -0.3 is 20.3 Å². The molecule has 0 spiro atoms. The lowest BCUT2D eigenvalue weighted by Gasteiger charge is -2.36. The van der Waals surface area contributed by atoms with Crippen LogP contribution in [0.15, 0.2) is 54.7 Å². The smallest absolute Gasteiger partial charge is 0.245 e. The Labute approximate surface area is 156 Å². The van der Waals surface area contributed by atoms with E-state index in [1.165, 1.54) is 4.90 Å². The van der Waals surface area contributed by atoms with E-state index >= 15 is 0 Å². The maximum Gasteiger partial charge on any atom is 0.245 e. The lowest BCUT2D eigenvalue weighted by Crippen LogP contribution is -2.63. The number of nitrogens with zero attached hydrogens (tertiary/aromatic N) is 1. The number of aromatic amines is 1. The summed E-state index contributed by atoms with van der Waals surface area (Å²) < 4.78 is 0. The van der Waals surface area contributed by atoms with Crippen LogP contribution in [0.1, 0.15) is 11.1 Å². The van der Waals surface area contributed by atoms with Crippen molar-refractivity contribution in [1.29, 1.82) is 0 Å². The van der Waals surface area contributed by atoms with Gasteiger partial charge in [-0.15, -0.1) is 0 Å². The van der Waals surface area contributed by atoms with Crippen molar-refractivity contribution >= 4 is 22.7 Å². The number of phenolic OH excluding ortho intramolecular Hbond substituents is 1. The molecule has 27 heavy (non-hydrogen) atoms. The van der Waals surface area contributed by atoms with Gasteiger partial charge in [0.15, 0.2) is 0 Å². The summed E-state index contributed by atoms with van der Waals surface area (Å²) in [7, 11) is 1.67. The standard InChI is InChI=1S/C21H21N3O3/c1-24-19(10-13-6-8-15(25)9-7-13)20(26)23-18(21(24)27)11-14-12-22-17-5-3-2-4-16(14)17/h2-9,12,18-19,22,25H,10-11H2,1H3,(H,23,26)/t18-,19-/m0/s1. The Morgan fingerprint density at radius 1 is 1.04 bits per heavy atom. The summed E-state index contributed by atoms with van der Waals surface area (Å²) in [6.45, 7) is 0. The molecule has 6 heteroatoms. The van der Waals surface area contributed by atoms with Gasteiger partial charge in [-0.25, -0.2) is 0 Å². The maximum atomic E-state index is 12.8. The first-order chi connectivity index (χ1) is 13.0. The minimum atomic E-state index is -0.572. The fourth-order valence-electron chi connectivity index (χ4n) is 3.65. The quantitative estimate of drug-likeness (QED) is 0.663. The molecule has 0 radical (unpaired) electrons. The maximum absolute atomic E-state index is 12.8. The third kappa shape index (κ3) is 3.26. The summed E-state index contributed by atoms with van der Waals surface area (Å²) in [5.74, 6) is -0.0752. The van der Waals surface area contributed by atoms with Crippen molar-refractivity contribution in [2.75, 3.05) is 7.05 Å². The Kier molecular flexibility index (Phi) is 4.32. The van der Waals surface area contributed by atoms with Crippen LogP contribution in [-0.4, -0.2) is 45.9 Å². The molecule has 0 aliphatic carbocycles. The van der Waals surface area contributed by atoms with Crippen LogP contribution < -0.4 is 5.32 Å². The molecule has 4 rings (SSSR count). The zero-order chi connectivity index (χ0) is 19.0. The summed E-state index contributed by atoms with van der Waals surface area (Å²) >= 11 is 0. The summed E-state index contributed by atoms with van der Waals surface area (Å²) in [5.41, 5.74) is 2.91. The number of nitrogens with one attached hydrogen (secondary N) is 2. The van der Waals surface area contributed by atoms with Crippen molar-refractivity contribution in [3.8, 4) is 5.75 Å². The number of carbonyl (C=O) groups excluding carboxylic acids is 2. The molecule has 138 valence electrons. The van der Waals surface area contributed by atoms with Gasteiger partial charge in [0.25, 0.3) is 0 Å². The zero-order valence-corrected chi connectivity index (χ0v) is 15.0. The monoisotopic (exact) mass is 363 g/mol. The first kappa shape index (κ1) is 17.1. The molecule has 0 saturated carbocycles. The largest absolute Gasteiger partial charge is 0.508 e. The molecule has 6 nitrogen and oxygen atoms in total. The molecule has 1 aliphatic heterocycles. The lowest BCUT2D eigenvalue weighted by atomic mass is 9.97. The van der Waals surface area contributed by atoms with Crippen LogP contribution in [0.4, 0.5) is 0 Å². The van der Waals surface area contributed by atoms with E-state index in [4.69, 9.17) is 0 Å². The first-order valence-electron chi connectivity index (χ1n) is 8.93. The van der Waals surface area contributed by atoms with Crippen molar-refractivity contribution in [2.24, 2.45) is 0 Å². The van der Waals surface area contributed by atoms with Gasteiger partial charge in [0.1, 0.15) is 17.8 Å². The highest BCUT2D eigenvalue weighted by atomic mass is 16.3. The van der Waals surface area contributed by atoms with E-state index in [1.807, 2.05) is 30.5 Å². The Balaban J connectivity index is 1.51. The lowest BCUT2D eigenvalue weighted by molar-refractivity contribution is -0.147. The van der Waals surface area contributed by atoms with Gasteiger partial charge in [-0.2, -0.15) is 0 Å². The second kappa shape index (κ2) is 6.79. The molecule has 0 bridgehead atoms.